The highest BCUT2D eigenvalue weighted by Gasteiger charge is 2.16. The first-order valence-electron chi connectivity index (χ1n) is 8.41. The molecule has 0 unspecified atom stereocenters. The number of carbonyl (C=O) groups excluding carboxylic acids is 1. The fourth-order valence-electron chi connectivity index (χ4n) is 2.57. The molecule has 0 atom stereocenters. The molecule has 0 bridgehead atoms. The molecule has 2 heterocycles. The number of Topliss-reactive ketones (excluding diaryl/α,β-unsaturated/α-hetero) is 1. The number of thioether (sulfide) groups is 1. The molecule has 6 nitrogen and oxygen atoms in total. The van der Waals surface area contributed by atoms with Crippen LogP contribution in [0.1, 0.15) is 15.9 Å². The summed E-state index contributed by atoms with van der Waals surface area (Å²) in [6.07, 6.45) is 0. The van der Waals surface area contributed by atoms with Gasteiger partial charge in [-0.05, 0) is 36.8 Å². The summed E-state index contributed by atoms with van der Waals surface area (Å²) in [5.41, 5.74) is 2.74. The molecule has 3 aromatic rings. The summed E-state index contributed by atoms with van der Waals surface area (Å²) in [6.45, 7) is 3.07. The highest BCUT2D eigenvalue weighted by molar-refractivity contribution is 8.01. The number of benzene rings is 2. The van der Waals surface area contributed by atoms with E-state index in [4.69, 9.17) is 9.47 Å². The van der Waals surface area contributed by atoms with E-state index in [1.54, 1.807) is 18.2 Å². The maximum absolute atomic E-state index is 12.5. The zero-order valence-corrected chi connectivity index (χ0v) is 16.2. The summed E-state index contributed by atoms with van der Waals surface area (Å²) in [6, 6.07) is 13.3. The number of anilines is 2. The fraction of sp³-hybridized carbons (Fsp3) is 0.211. The van der Waals surface area contributed by atoms with Crippen molar-refractivity contribution < 1.29 is 14.3 Å². The van der Waals surface area contributed by atoms with Gasteiger partial charge >= 0.3 is 0 Å². The molecule has 1 N–H and O–H groups in total. The lowest BCUT2D eigenvalue weighted by Crippen LogP contribution is -2.16. The number of carbonyl (C=O) groups is 1. The Morgan fingerprint density at radius 2 is 1.96 bits per heavy atom. The van der Waals surface area contributed by atoms with Crippen LogP contribution in [0.3, 0.4) is 0 Å². The summed E-state index contributed by atoms with van der Waals surface area (Å²) in [4.78, 5) is 12.5. The molecule has 0 saturated heterocycles. The van der Waals surface area contributed by atoms with Crippen LogP contribution in [0.15, 0.2) is 46.8 Å². The number of para-hydroxylation sites is 1. The van der Waals surface area contributed by atoms with Crippen LogP contribution in [-0.2, 0) is 0 Å². The molecule has 4 rings (SSSR count). The third kappa shape index (κ3) is 4.23. The Morgan fingerprint density at radius 1 is 1.15 bits per heavy atom. The minimum absolute atomic E-state index is 0.0144. The second-order valence-electron chi connectivity index (χ2n) is 5.88. The van der Waals surface area contributed by atoms with Crippen molar-refractivity contribution in [2.24, 2.45) is 0 Å². The second kappa shape index (κ2) is 7.98. The van der Waals surface area contributed by atoms with Gasteiger partial charge in [-0.25, -0.2) is 0 Å². The summed E-state index contributed by atoms with van der Waals surface area (Å²) in [5, 5.41) is 12.3. The van der Waals surface area contributed by atoms with E-state index in [1.807, 2.05) is 31.2 Å². The van der Waals surface area contributed by atoms with E-state index in [0.717, 1.165) is 15.6 Å². The van der Waals surface area contributed by atoms with Gasteiger partial charge in [0.2, 0.25) is 5.13 Å². The number of hydrogen-bond donors (Lipinski definition) is 1. The van der Waals surface area contributed by atoms with Gasteiger partial charge in [0.1, 0.15) is 13.2 Å². The minimum atomic E-state index is 0.0144. The van der Waals surface area contributed by atoms with Crippen LogP contribution in [-0.4, -0.2) is 34.9 Å². The minimum Gasteiger partial charge on any atom is -0.486 e. The molecular weight excluding hydrogens is 382 g/mol. The van der Waals surface area contributed by atoms with E-state index >= 15 is 0 Å². The number of hydrogen-bond acceptors (Lipinski definition) is 8. The molecule has 1 aliphatic rings. The van der Waals surface area contributed by atoms with Crippen molar-refractivity contribution in [2.45, 2.75) is 11.3 Å². The van der Waals surface area contributed by atoms with Gasteiger partial charge in [0, 0.05) is 11.3 Å². The maximum Gasteiger partial charge on any atom is 0.210 e. The molecule has 2 aromatic carbocycles. The van der Waals surface area contributed by atoms with Gasteiger partial charge in [-0.2, -0.15) is 0 Å². The Morgan fingerprint density at radius 3 is 2.81 bits per heavy atom. The Kier molecular flexibility index (Phi) is 5.26. The molecule has 8 heteroatoms. The van der Waals surface area contributed by atoms with Gasteiger partial charge in [0.15, 0.2) is 21.6 Å². The highest BCUT2D eigenvalue weighted by Crippen LogP contribution is 2.32. The smallest absolute Gasteiger partial charge is 0.210 e. The quantitative estimate of drug-likeness (QED) is 0.488. The fourth-order valence-corrected chi connectivity index (χ4v) is 4.23. The van der Waals surface area contributed by atoms with Crippen molar-refractivity contribution in [3.8, 4) is 11.5 Å². The van der Waals surface area contributed by atoms with Gasteiger partial charge in [-0.3, -0.25) is 4.79 Å². The normalized spacial score (nSPS) is 12.6. The van der Waals surface area contributed by atoms with Gasteiger partial charge in [0.25, 0.3) is 0 Å². The Balaban J connectivity index is 1.37. The molecule has 138 valence electrons. The average Bonchev–Trinajstić information content (AvgIpc) is 3.15. The van der Waals surface area contributed by atoms with Crippen LogP contribution in [0.5, 0.6) is 11.5 Å². The number of aryl methyl sites for hydroxylation is 1. The first-order chi connectivity index (χ1) is 13.2. The summed E-state index contributed by atoms with van der Waals surface area (Å²) in [5.74, 6) is 1.61. The molecule has 0 radical (unpaired) electrons. The first kappa shape index (κ1) is 17.8. The predicted octanol–water partition coefficient (Wildman–Crippen LogP) is 4.34. The average molecular weight is 399 g/mol. The number of aromatic nitrogens is 2. The van der Waals surface area contributed by atoms with Crippen LogP contribution in [0, 0.1) is 6.92 Å². The van der Waals surface area contributed by atoms with Gasteiger partial charge in [-0.15, -0.1) is 10.2 Å². The lowest BCUT2D eigenvalue weighted by atomic mass is 10.1. The summed E-state index contributed by atoms with van der Waals surface area (Å²) >= 11 is 2.81. The SMILES string of the molecule is Cc1ccccc1Nc1nnc(SCC(=O)c2ccc3c(c2)OCCO3)s1. The highest BCUT2D eigenvalue weighted by atomic mass is 32.2. The standard InChI is InChI=1S/C19H17N3O3S2/c1-12-4-2-3-5-14(12)20-18-21-22-19(27-18)26-11-15(23)13-6-7-16-17(10-13)25-9-8-24-16/h2-7,10H,8-9,11H2,1H3,(H,20,21). The Bertz CT molecular complexity index is 974. The largest absolute Gasteiger partial charge is 0.486 e. The van der Waals surface area contributed by atoms with Gasteiger partial charge in [0.05, 0.1) is 5.75 Å². The molecule has 0 fully saturated rings. The van der Waals surface area contributed by atoms with Crippen molar-refractivity contribution in [3.63, 3.8) is 0 Å². The number of rotatable bonds is 6. The topological polar surface area (TPSA) is 73.3 Å². The van der Waals surface area contributed by atoms with E-state index in [-0.39, 0.29) is 5.78 Å². The van der Waals surface area contributed by atoms with E-state index in [2.05, 4.69) is 15.5 Å². The third-order valence-electron chi connectivity index (χ3n) is 3.98. The van der Waals surface area contributed by atoms with E-state index in [0.29, 0.717) is 41.2 Å². The van der Waals surface area contributed by atoms with Crippen molar-refractivity contribution in [1.29, 1.82) is 0 Å². The Hall–Kier alpha value is -2.58. The van der Waals surface area contributed by atoms with Crippen LogP contribution >= 0.6 is 23.1 Å². The number of ketones is 1. The van der Waals surface area contributed by atoms with Gasteiger partial charge < -0.3 is 14.8 Å². The van der Waals surface area contributed by atoms with E-state index in [1.165, 1.54) is 23.1 Å². The van der Waals surface area contributed by atoms with Crippen molar-refractivity contribution in [3.05, 3.63) is 53.6 Å². The molecule has 0 saturated carbocycles. The zero-order valence-electron chi connectivity index (χ0n) is 14.6. The van der Waals surface area contributed by atoms with Crippen molar-refractivity contribution in [2.75, 3.05) is 24.3 Å². The molecule has 1 aromatic heterocycles. The number of nitrogens with zero attached hydrogens (tertiary/aromatic N) is 2. The Labute approximate surface area is 164 Å². The second-order valence-corrected chi connectivity index (χ2v) is 8.08. The molecule has 0 spiro atoms. The summed E-state index contributed by atoms with van der Waals surface area (Å²) < 4.78 is 11.8. The van der Waals surface area contributed by atoms with Crippen molar-refractivity contribution in [1.82, 2.24) is 10.2 Å². The lowest BCUT2D eigenvalue weighted by Gasteiger charge is -2.18. The zero-order chi connectivity index (χ0) is 18.6. The first-order valence-corrected chi connectivity index (χ1v) is 10.2. The van der Waals surface area contributed by atoms with Crippen LogP contribution in [0.25, 0.3) is 0 Å². The molecule has 0 aliphatic carbocycles. The van der Waals surface area contributed by atoms with Gasteiger partial charge in [-0.1, -0.05) is 41.3 Å². The molecule has 27 heavy (non-hydrogen) atoms. The van der Waals surface area contributed by atoms with Crippen molar-refractivity contribution >= 4 is 39.7 Å². The number of ether oxygens (including phenoxy) is 2. The monoisotopic (exact) mass is 399 g/mol. The van der Waals surface area contributed by atoms with Crippen LogP contribution < -0.4 is 14.8 Å². The maximum atomic E-state index is 12.5. The predicted molar refractivity (Wildman–Crippen MR) is 107 cm³/mol. The number of nitrogens with one attached hydrogen (secondary N) is 1. The van der Waals surface area contributed by atoms with Crippen LogP contribution in [0.4, 0.5) is 10.8 Å². The van der Waals surface area contributed by atoms with E-state index in [9.17, 15) is 4.79 Å². The van der Waals surface area contributed by atoms with Crippen LogP contribution in [0.2, 0.25) is 0 Å². The van der Waals surface area contributed by atoms with E-state index < -0.39 is 0 Å². The molecule has 0 amide bonds. The molecular formula is C19H17N3O3S2. The summed E-state index contributed by atoms with van der Waals surface area (Å²) in [7, 11) is 0. The molecule has 1 aliphatic heterocycles. The number of fused-ring (bicyclic) bond motifs is 1. The lowest BCUT2D eigenvalue weighted by molar-refractivity contribution is 0.102. The third-order valence-corrected chi connectivity index (χ3v) is 5.96.